The maximum absolute atomic E-state index is 13.3. The Morgan fingerprint density at radius 1 is 1.17 bits per heavy atom. The zero-order valence-electron chi connectivity index (χ0n) is 16.3. The average molecular weight is 410 g/mol. The first kappa shape index (κ1) is 21.3. The molecule has 1 aromatic heterocycles. The summed E-state index contributed by atoms with van der Waals surface area (Å²) >= 11 is 0. The molecular formula is C20H25F3N4O2. The Morgan fingerprint density at radius 3 is 2.48 bits per heavy atom. The second-order valence-electron chi connectivity index (χ2n) is 7.34. The molecular weight excluding hydrogens is 385 g/mol. The third-order valence-corrected chi connectivity index (χ3v) is 5.26. The van der Waals surface area contributed by atoms with E-state index in [4.69, 9.17) is 0 Å². The minimum absolute atomic E-state index is 0.0173. The molecule has 0 bridgehead atoms. The van der Waals surface area contributed by atoms with Gasteiger partial charge in [0.25, 0.3) is 5.56 Å². The predicted octanol–water partition coefficient (Wildman–Crippen LogP) is 2.97. The van der Waals surface area contributed by atoms with Crippen LogP contribution in [0.3, 0.4) is 0 Å². The lowest BCUT2D eigenvalue weighted by Gasteiger charge is -2.22. The number of para-hydroxylation sites is 2. The van der Waals surface area contributed by atoms with Gasteiger partial charge in [0, 0.05) is 13.1 Å². The van der Waals surface area contributed by atoms with Gasteiger partial charge in [0.2, 0.25) is 11.6 Å². The van der Waals surface area contributed by atoms with Crippen molar-refractivity contribution in [1.29, 1.82) is 0 Å². The summed E-state index contributed by atoms with van der Waals surface area (Å²) in [4.78, 5) is 30.9. The van der Waals surface area contributed by atoms with Crippen molar-refractivity contribution in [2.45, 2.75) is 44.8 Å². The molecule has 29 heavy (non-hydrogen) atoms. The quantitative estimate of drug-likeness (QED) is 0.823. The number of carbonyl (C=O) groups excluding carboxylic acids is 1. The fourth-order valence-corrected chi connectivity index (χ4v) is 3.69. The second kappa shape index (κ2) is 8.94. The van der Waals surface area contributed by atoms with Crippen LogP contribution in [-0.2, 0) is 11.0 Å². The van der Waals surface area contributed by atoms with E-state index in [0.717, 1.165) is 30.5 Å². The van der Waals surface area contributed by atoms with E-state index < -0.39 is 29.4 Å². The molecule has 1 saturated heterocycles. The highest BCUT2D eigenvalue weighted by molar-refractivity contribution is 5.83. The van der Waals surface area contributed by atoms with Crippen LogP contribution in [0.5, 0.6) is 0 Å². The van der Waals surface area contributed by atoms with Crippen LogP contribution in [0.2, 0.25) is 0 Å². The van der Waals surface area contributed by atoms with Crippen molar-refractivity contribution in [2.75, 3.05) is 26.2 Å². The molecule has 1 amide bonds. The number of hydrogen-bond acceptors (Lipinski definition) is 4. The molecule has 1 fully saturated rings. The number of aromatic nitrogens is 2. The van der Waals surface area contributed by atoms with Gasteiger partial charge in [-0.2, -0.15) is 13.2 Å². The third-order valence-electron chi connectivity index (χ3n) is 5.26. The largest absolute Gasteiger partial charge is 0.438 e. The van der Waals surface area contributed by atoms with Gasteiger partial charge in [0.15, 0.2) is 0 Å². The van der Waals surface area contributed by atoms with Crippen molar-refractivity contribution in [3.05, 3.63) is 40.3 Å². The normalized spacial score (nSPS) is 17.1. The van der Waals surface area contributed by atoms with Crippen LogP contribution in [0.15, 0.2) is 29.1 Å². The number of halogens is 3. The van der Waals surface area contributed by atoms with Crippen LogP contribution >= 0.6 is 0 Å². The van der Waals surface area contributed by atoms with E-state index in [1.807, 2.05) is 0 Å². The van der Waals surface area contributed by atoms with Crippen LogP contribution in [0.25, 0.3) is 11.0 Å². The molecule has 1 aliphatic heterocycles. The van der Waals surface area contributed by atoms with Crippen molar-refractivity contribution >= 4 is 16.9 Å². The van der Waals surface area contributed by atoms with Crippen LogP contribution in [0.4, 0.5) is 13.2 Å². The van der Waals surface area contributed by atoms with E-state index >= 15 is 0 Å². The van der Waals surface area contributed by atoms with Crippen LogP contribution in [0.1, 0.15) is 44.3 Å². The van der Waals surface area contributed by atoms with Gasteiger partial charge in [-0.25, -0.2) is 4.98 Å². The van der Waals surface area contributed by atoms with Gasteiger partial charge < -0.3 is 10.2 Å². The molecule has 2 heterocycles. The molecule has 1 aliphatic rings. The smallest absolute Gasteiger partial charge is 0.353 e. The molecule has 3 rings (SSSR count). The van der Waals surface area contributed by atoms with E-state index in [-0.39, 0.29) is 11.0 Å². The minimum Gasteiger partial charge on any atom is -0.353 e. The van der Waals surface area contributed by atoms with E-state index in [1.165, 1.54) is 38.0 Å². The fraction of sp³-hybridized carbons (Fsp3) is 0.550. The number of alkyl halides is 3. The van der Waals surface area contributed by atoms with Gasteiger partial charge >= 0.3 is 6.18 Å². The van der Waals surface area contributed by atoms with E-state index in [1.54, 1.807) is 6.07 Å². The minimum atomic E-state index is -4.90. The molecule has 9 heteroatoms. The topological polar surface area (TPSA) is 67.2 Å². The van der Waals surface area contributed by atoms with Crippen molar-refractivity contribution in [2.24, 2.45) is 0 Å². The molecule has 1 aromatic carbocycles. The van der Waals surface area contributed by atoms with Gasteiger partial charge in [-0.1, -0.05) is 25.0 Å². The van der Waals surface area contributed by atoms with Crippen molar-refractivity contribution in [1.82, 2.24) is 19.8 Å². The molecule has 1 atom stereocenters. The number of fused-ring (bicyclic) bond motifs is 1. The van der Waals surface area contributed by atoms with Gasteiger partial charge in [0.1, 0.15) is 6.04 Å². The Morgan fingerprint density at radius 2 is 1.83 bits per heavy atom. The summed E-state index contributed by atoms with van der Waals surface area (Å²) in [5, 5.41) is 2.76. The molecule has 1 N–H and O–H groups in total. The van der Waals surface area contributed by atoms with E-state index in [0.29, 0.717) is 13.1 Å². The number of rotatable bonds is 5. The summed E-state index contributed by atoms with van der Waals surface area (Å²) in [7, 11) is 0. The Bertz CT molecular complexity index is 918. The number of amides is 1. The number of likely N-dealkylation sites (tertiary alicyclic amines) is 1. The lowest BCUT2D eigenvalue weighted by molar-refractivity contribution is -0.142. The molecule has 2 aromatic rings. The average Bonchev–Trinajstić information content (AvgIpc) is 2.95. The Labute approximate surface area is 166 Å². The number of benzene rings is 1. The molecule has 0 radical (unpaired) electrons. The van der Waals surface area contributed by atoms with E-state index in [9.17, 15) is 22.8 Å². The SMILES string of the molecule is CC(C(=O)NCCN1CCCCCC1)n1c(=O)c(C(F)(F)F)nc2ccccc21. The highest BCUT2D eigenvalue weighted by Gasteiger charge is 2.38. The zero-order chi connectivity index (χ0) is 21.0. The van der Waals surface area contributed by atoms with Gasteiger partial charge in [-0.05, 0) is 45.0 Å². The standard InChI is InChI=1S/C20H25F3N4O2/c1-14(18(28)24-10-13-26-11-6-2-3-7-12-26)27-16-9-5-4-8-15(16)25-17(19(27)29)20(21,22)23/h4-5,8-9,14H,2-3,6-7,10-13H2,1H3,(H,24,28). The van der Waals surface area contributed by atoms with Gasteiger partial charge in [-0.3, -0.25) is 14.2 Å². The number of carbonyl (C=O) groups is 1. The summed E-state index contributed by atoms with van der Waals surface area (Å²) in [5.41, 5.74) is -2.61. The lowest BCUT2D eigenvalue weighted by atomic mass is 10.2. The predicted molar refractivity (Wildman–Crippen MR) is 104 cm³/mol. The summed E-state index contributed by atoms with van der Waals surface area (Å²) < 4.78 is 40.7. The molecule has 158 valence electrons. The van der Waals surface area contributed by atoms with Gasteiger partial charge in [0.05, 0.1) is 11.0 Å². The summed E-state index contributed by atoms with van der Waals surface area (Å²) in [6, 6.07) is 4.92. The fourth-order valence-electron chi connectivity index (χ4n) is 3.69. The van der Waals surface area contributed by atoms with Crippen molar-refractivity contribution in [3.8, 4) is 0 Å². The van der Waals surface area contributed by atoms with Crippen molar-refractivity contribution < 1.29 is 18.0 Å². The monoisotopic (exact) mass is 410 g/mol. The Hall–Kier alpha value is -2.42. The highest BCUT2D eigenvalue weighted by Crippen LogP contribution is 2.27. The Balaban J connectivity index is 1.80. The first-order valence-corrected chi connectivity index (χ1v) is 9.87. The number of nitrogens with zero attached hydrogens (tertiary/aromatic N) is 3. The Kier molecular flexibility index (Phi) is 6.56. The molecule has 6 nitrogen and oxygen atoms in total. The summed E-state index contributed by atoms with van der Waals surface area (Å²) in [5.74, 6) is -0.494. The molecule has 0 aliphatic carbocycles. The first-order valence-electron chi connectivity index (χ1n) is 9.87. The first-order chi connectivity index (χ1) is 13.8. The van der Waals surface area contributed by atoms with Crippen molar-refractivity contribution in [3.63, 3.8) is 0 Å². The number of hydrogen-bond donors (Lipinski definition) is 1. The third kappa shape index (κ3) is 4.95. The van der Waals surface area contributed by atoms with Crippen LogP contribution < -0.4 is 10.9 Å². The maximum atomic E-state index is 13.3. The summed E-state index contributed by atoms with van der Waals surface area (Å²) in [6.07, 6.45) is -0.225. The van der Waals surface area contributed by atoms with Gasteiger partial charge in [-0.15, -0.1) is 0 Å². The zero-order valence-corrected chi connectivity index (χ0v) is 16.3. The molecule has 0 saturated carbocycles. The molecule has 0 spiro atoms. The highest BCUT2D eigenvalue weighted by atomic mass is 19.4. The van der Waals surface area contributed by atoms with Crippen LogP contribution in [-0.4, -0.2) is 46.5 Å². The maximum Gasteiger partial charge on any atom is 0.438 e. The second-order valence-corrected chi connectivity index (χ2v) is 7.34. The number of nitrogens with one attached hydrogen (secondary N) is 1. The summed E-state index contributed by atoms with van der Waals surface area (Å²) in [6.45, 7) is 4.45. The lowest BCUT2D eigenvalue weighted by Crippen LogP contribution is -2.41. The van der Waals surface area contributed by atoms with E-state index in [2.05, 4.69) is 15.2 Å². The molecule has 1 unspecified atom stereocenters. The van der Waals surface area contributed by atoms with Crippen LogP contribution in [0, 0.1) is 0 Å².